The van der Waals surface area contributed by atoms with Crippen molar-refractivity contribution in [2.45, 2.75) is 51.4 Å². The number of aliphatic hydroxyl groups is 1. The van der Waals surface area contributed by atoms with Gasteiger partial charge in [0.2, 0.25) is 1.43 Å². The Morgan fingerprint density at radius 3 is 2.69 bits per heavy atom. The van der Waals surface area contributed by atoms with E-state index in [-0.39, 0.29) is 6.54 Å². The summed E-state index contributed by atoms with van der Waals surface area (Å²) in [6.07, 6.45) is 3.05. The molecule has 1 aromatic carbocycles. The summed E-state index contributed by atoms with van der Waals surface area (Å²) >= 11 is 0. The molecule has 26 heavy (non-hydrogen) atoms. The van der Waals surface area contributed by atoms with E-state index in [2.05, 4.69) is 11.8 Å². The number of benzene rings is 1. The molecule has 1 N–H and O–H groups in total. The Kier molecular flexibility index (Phi) is 3.74. The summed E-state index contributed by atoms with van der Waals surface area (Å²) in [6, 6.07) is -3.32. The van der Waals surface area contributed by atoms with E-state index in [1.807, 2.05) is 0 Å². The second-order valence-electron chi connectivity index (χ2n) is 6.15. The fourth-order valence-electron chi connectivity index (χ4n) is 3.01. The van der Waals surface area contributed by atoms with Crippen molar-refractivity contribution < 1.29 is 29.7 Å². The molecule has 0 spiro atoms. The Hall–Kier alpha value is -1.83. The highest BCUT2D eigenvalue weighted by molar-refractivity contribution is 5.81. The average molecular weight is 370 g/mol. The highest BCUT2D eigenvalue weighted by Crippen LogP contribution is 2.40. The van der Waals surface area contributed by atoms with Gasteiger partial charge in [-0.25, -0.2) is 4.79 Å². The van der Waals surface area contributed by atoms with Crippen molar-refractivity contribution in [3.8, 4) is 11.8 Å². The van der Waals surface area contributed by atoms with E-state index in [1.165, 1.54) is 0 Å². The lowest BCUT2D eigenvalue weighted by molar-refractivity contribution is -0.174. The van der Waals surface area contributed by atoms with Crippen molar-refractivity contribution in [1.82, 2.24) is 4.90 Å². The van der Waals surface area contributed by atoms with Gasteiger partial charge < -0.3 is 9.85 Å². The second kappa shape index (κ2) is 10.4. The molecule has 0 amide bonds. The Labute approximate surface area is 174 Å². The monoisotopic (exact) mass is 369 g/mol. The van der Waals surface area contributed by atoms with Gasteiger partial charge in [-0.2, -0.15) is 0 Å². The Morgan fingerprint density at radius 2 is 2.04 bits per heavy atom. The third kappa shape index (κ3) is 5.09. The molecular weight excluding hydrogens is 326 g/mol. The molecule has 1 fully saturated rings. The van der Waals surface area contributed by atoms with Crippen LogP contribution < -0.4 is 0 Å². The predicted octanol–water partition coefficient (Wildman–Crippen LogP) is 3.34. The van der Waals surface area contributed by atoms with Crippen molar-refractivity contribution in [2.75, 3.05) is 26.2 Å². The summed E-state index contributed by atoms with van der Waals surface area (Å²) in [7, 11) is 0. The Morgan fingerprint density at radius 1 is 1.31 bits per heavy atom. The van der Waals surface area contributed by atoms with Crippen molar-refractivity contribution in [2.24, 2.45) is 5.92 Å². The zero-order valence-corrected chi connectivity index (χ0v) is 14.6. The lowest BCUT2D eigenvalue weighted by atomic mass is 9.73. The maximum absolute atomic E-state index is 13.5. The van der Waals surface area contributed by atoms with Crippen LogP contribution in [0.15, 0.2) is 30.2 Å². The molecular formula is C22H31NO3. The molecule has 4 heteroatoms. The van der Waals surface area contributed by atoms with Gasteiger partial charge in [-0.1, -0.05) is 75.0 Å². The summed E-state index contributed by atoms with van der Waals surface area (Å²) in [5.41, 5.74) is -2.76. The van der Waals surface area contributed by atoms with Crippen LogP contribution in [0, 0.1) is 17.8 Å². The van der Waals surface area contributed by atoms with Crippen LogP contribution in [0.25, 0.3) is 0 Å². The van der Waals surface area contributed by atoms with Gasteiger partial charge in [0, 0.05) is 14.1 Å². The van der Waals surface area contributed by atoms with E-state index in [0.29, 0.717) is 25.7 Å². The first-order valence-corrected chi connectivity index (χ1v) is 8.62. The second-order valence-corrected chi connectivity index (χ2v) is 6.15. The molecule has 0 saturated heterocycles. The summed E-state index contributed by atoms with van der Waals surface area (Å²) in [5, 5.41) is 4.97. The molecule has 1 atom stereocenters. The average Bonchev–Trinajstić information content (AvgIpc) is 2.82. The van der Waals surface area contributed by atoms with Crippen LogP contribution >= 0.6 is 0 Å². The lowest BCUT2D eigenvalue weighted by Crippen LogP contribution is -2.45. The van der Waals surface area contributed by atoms with Crippen molar-refractivity contribution >= 4 is 5.97 Å². The smallest absolute Gasteiger partial charge is 0.344 e. The van der Waals surface area contributed by atoms with E-state index in [4.69, 9.17) is 26.4 Å². The summed E-state index contributed by atoms with van der Waals surface area (Å²) in [4.78, 5) is 14.6. The van der Waals surface area contributed by atoms with Crippen molar-refractivity contribution in [3.63, 3.8) is 0 Å². The van der Waals surface area contributed by atoms with Crippen LogP contribution in [0.5, 0.6) is 0 Å². The third-order valence-corrected chi connectivity index (χ3v) is 4.51. The number of hydrogen-bond donors (Lipinski definition) is 1. The first-order chi connectivity index (χ1) is 17.5. The van der Waals surface area contributed by atoms with E-state index in [1.54, 1.807) is 0 Å². The number of nitrogens with zero attached hydrogens (tertiary/aromatic N) is 1. The van der Waals surface area contributed by atoms with Gasteiger partial charge in [0.1, 0.15) is 0 Å². The molecule has 1 aliphatic carbocycles. The van der Waals surface area contributed by atoms with Crippen molar-refractivity contribution in [3.05, 3.63) is 35.8 Å². The van der Waals surface area contributed by atoms with Crippen LogP contribution in [-0.4, -0.2) is 43.7 Å². The number of rotatable bonds is 8. The predicted molar refractivity (Wildman–Crippen MR) is 103 cm³/mol. The van der Waals surface area contributed by atoms with Gasteiger partial charge in [0.25, 0.3) is 0 Å². The van der Waals surface area contributed by atoms with Crippen LogP contribution in [0.3, 0.4) is 0 Å². The first-order valence-electron chi connectivity index (χ1n) is 14.5. The van der Waals surface area contributed by atoms with Crippen LogP contribution in [0.2, 0.25) is 0 Å². The summed E-state index contributed by atoms with van der Waals surface area (Å²) < 4.78 is 98.0. The topological polar surface area (TPSA) is 49.8 Å². The SMILES string of the molecule is [2H]OC(C(=O)OCC#CCN(CC([2H])([2H])[2H])CC([2H])([2H])[2H])(c1c([2H])c([2H])c([2H])c([2H])c1[2H])C1CCCCC1. The zero-order valence-electron chi connectivity index (χ0n) is 26.6. The van der Waals surface area contributed by atoms with Gasteiger partial charge >= 0.3 is 5.97 Å². The van der Waals surface area contributed by atoms with E-state index < -0.39 is 86.7 Å². The summed E-state index contributed by atoms with van der Waals surface area (Å²) in [6.45, 7) is -6.59. The Balaban J connectivity index is 2.35. The summed E-state index contributed by atoms with van der Waals surface area (Å²) in [5.74, 6) is 3.27. The van der Waals surface area contributed by atoms with Crippen molar-refractivity contribution in [1.29, 1.82) is 1.43 Å². The van der Waals surface area contributed by atoms with E-state index in [0.717, 1.165) is 11.3 Å². The van der Waals surface area contributed by atoms with Gasteiger partial charge in [-0.15, -0.1) is 0 Å². The van der Waals surface area contributed by atoms with E-state index in [9.17, 15) is 4.79 Å². The molecule has 1 unspecified atom stereocenters. The van der Waals surface area contributed by atoms with Gasteiger partial charge in [-0.05, 0) is 31.5 Å². The van der Waals surface area contributed by atoms with Gasteiger partial charge in [-0.3, -0.25) is 4.90 Å². The molecule has 1 aromatic rings. The molecule has 2 rings (SSSR count). The maximum atomic E-state index is 13.5. The molecule has 0 aromatic heterocycles. The lowest BCUT2D eigenvalue weighted by Gasteiger charge is -2.36. The van der Waals surface area contributed by atoms with Gasteiger partial charge in [0.15, 0.2) is 12.2 Å². The normalized spacial score (nSPS) is 24.8. The molecule has 1 aliphatic rings. The minimum absolute atomic E-state index is 0.222. The zero-order chi connectivity index (χ0) is 28.9. The molecule has 1 saturated carbocycles. The van der Waals surface area contributed by atoms with Crippen LogP contribution in [0.1, 0.15) is 66.4 Å². The van der Waals surface area contributed by atoms with Crippen LogP contribution in [-0.2, 0) is 15.1 Å². The highest BCUT2D eigenvalue weighted by Gasteiger charge is 2.46. The fourth-order valence-corrected chi connectivity index (χ4v) is 3.01. The first kappa shape index (κ1) is 9.39. The third-order valence-electron chi connectivity index (χ3n) is 4.51. The standard InChI is InChI=1S/C22H31NO3/c1-3-23(4-2)17-11-12-18-26-21(24)22(25,19-13-7-5-8-14-19)20-15-9-6-10-16-20/h5,7-8,13-14,20,25H,3-4,6,9-10,15-18H2,1-2H3/i1D3,2D3,5D,7D,8D,13D,14D,25D. The quantitative estimate of drug-likeness (QED) is 0.564. The minimum Gasteiger partial charge on any atom is -0.450 e. The molecule has 0 heterocycles. The number of esters is 1. The number of carbonyl (C=O) groups excluding carboxylic acids is 1. The number of ether oxygens (including phenoxy) is 1. The highest BCUT2D eigenvalue weighted by atomic mass is 16.5. The molecule has 0 aliphatic heterocycles. The van der Waals surface area contributed by atoms with E-state index >= 15 is 0 Å². The maximum Gasteiger partial charge on any atom is 0.344 e. The van der Waals surface area contributed by atoms with Gasteiger partial charge in [0.05, 0.1) is 13.4 Å². The minimum atomic E-state index is -2.41. The molecule has 0 bridgehead atoms. The van der Waals surface area contributed by atoms with Crippen LogP contribution in [0.4, 0.5) is 0 Å². The Bertz CT molecular complexity index is 1010. The largest absolute Gasteiger partial charge is 0.450 e. The molecule has 0 radical (unpaired) electrons. The molecule has 142 valence electrons. The fraction of sp³-hybridized carbons (Fsp3) is 0.591. The molecule has 4 nitrogen and oxygen atoms in total. The number of hydrogen-bond acceptors (Lipinski definition) is 4. The number of carbonyl (C=O) groups is 1.